The Kier molecular flexibility index (Phi) is 11.2. The number of phenolic OH excluding ortho intramolecular Hbond substituents is 1. The van der Waals surface area contributed by atoms with Crippen molar-refractivity contribution in [3.05, 3.63) is 23.8 Å². The van der Waals surface area contributed by atoms with Gasteiger partial charge in [-0.05, 0) is 64.2 Å². The smallest absolute Gasteiger partial charge is 0.407 e. The number of anilines is 1. The first kappa shape index (κ1) is 30.7. The van der Waals surface area contributed by atoms with E-state index in [2.05, 4.69) is 16.0 Å². The normalized spacial score (nSPS) is 14.8. The summed E-state index contributed by atoms with van der Waals surface area (Å²) < 4.78 is 5.30. The Labute approximate surface area is 212 Å². The van der Waals surface area contributed by atoms with Gasteiger partial charge in [-0.25, -0.2) is 4.79 Å². The minimum atomic E-state index is -1.00. The van der Waals surface area contributed by atoms with Gasteiger partial charge in [-0.3, -0.25) is 14.4 Å². The Morgan fingerprint density at radius 3 is 2.14 bits per heavy atom. The average Bonchev–Trinajstić information content (AvgIpc) is 2.71. The number of aromatic hydroxyl groups is 1. The Balaban J connectivity index is 3.10. The van der Waals surface area contributed by atoms with E-state index in [1.54, 1.807) is 40.7 Å². The maximum atomic E-state index is 12.9. The first-order chi connectivity index (χ1) is 16.5. The van der Waals surface area contributed by atoms with Crippen LogP contribution in [0, 0.1) is 11.8 Å². The standard InChI is InChI=1S/C25H40N4O7/c1-13(2)20(29-21(31)15(4)26)22(32)28-18-12-16(8-9-19(18)30)11-17(10-14(3)23(33)34)27-24(35)36-25(5,6)7/h8-9,12-15,17,20,30H,10-11,26H2,1-7H3,(H,27,35)(H,28,32)(H,29,31)(H,33,34)/t14?,15?,17-,20?/m1/s1. The SMILES string of the molecule is CC(N)C(=O)NC(C(=O)Nc1cc(C[C@@H](CC(C)C(=O)O)NC(=O)OC(C)(C)C)ccc1O)C(C)C. The molecule has 0 saturated carbocycles. The molecular formula is C25H40N4O7. The van der Waals surface area contributed by atoms with Crippen molar-refractivity contribution in [1.29, 1.82) is 0 Å². The van der Waals surface area contributed by atoms with E-state index in [9.17, 15) is 29.4 Å². The highest BCUT2D eigenvalue weighted by atomic mass is 16.6. The molecule has 3 unspecified atom stereocenters. The molecule has 11 nitrogen and oxygen atoms in total. The fraction of sp³-hybridized carbons (Fsp3) is 0.600. The lowest BCUT2D eigenvalue weighted by atomic mass is 9.96. The van der Waals surface area contributed by atoms with Gasteiger partial charge in [-0.15, -0.1) is 0 Å². The number of nitrogens with one attached hydrogen (secondary N) is 3. The van der Waals surface area contributed by atoms with Crippen LogP contribution in [0.3, 0.4) is 0 Å². The van der Waals surface area contributed by atoms with Crippen molar-refractivity contribution in [1.82, 2.24) is 10.6 Å². The van der Waals surface area contributed by atoms with E-state index in [-0.39, 0.29) is 30.2 Å². The van der Waals surface area contributed by atoms with Crippen LogP contribution in [-0.4, -0.2) is 57.8 Å². The van der Waals surface area contributed by atoms with Crippen LogP contribution >= 0.6 is 0 Å². The highest BCUT2D eigenvalue weighted by molar-refractivity contribution is 5.98. The second kappa shape index (κ2) is 13.1. The molecule has 202 valence electrons. The number of carbonyl (C=O) groups excluding carboxylic acids is 3. The summed E-state index contributed by atoms with van der Waals surface area (Å²) in [7, 11) is 0. The molecule has 0 aliphatic heterocycles. The molecule has 1 rings (SSSR count). The second-order valence-electron chi connectivity index (χ2n) is 10.4. The number of hydrogen-bond donors (Lipinski definition) is 6. The molecule has 1 aromatic carbocycles. The third-order valence-corrected chi connectivity index (χ3v) is 5.24. The molecule has 4 atom stereocenters. The number of carboxylic acid groups (broad SMARTS) is 1. The number of carbonyl (C=O) groups is 4. The fourth-order valence-corrected chi connectivity index (χ4v) is 3.32. The van der Waals surface area contributed by atoms with Gasteiger partial charge >= 0.3 is 12.1 Å². The Hall–Kier alpha value is -3.34. The highest BCUT2D eigenvalue weighted by Crippen LogP contribution is 2.26. The van der Waals surface area contributed by atoms with Crippen molar-refractivity contribution >= 4 is 29.6 Å². The molecule has 0 spiro atoms. The summed E-state index contributed by atoms with van der Waals surface area (Å²) in [6.45, 7) is 11.7. The summed E-state index contributed by atoms with van der Waals surface area (Å²) in [4.78, 5) is 48.6. The van der Waals surface area contributed by atoms with E-state index >= 15 is 0 Å². The molecule has 0 aliphatic carbocycles. The zero-order chi connectivity index (χ0) is 27.8. The summed E-state index contributed by atoms with van der Waals surface area (Å²) in [5, 5.41) is 27.6. The summed E-state index contributed by atoms with van der Waals surface area (Å²) in [6.07, 6.45) is -0.327. The number of rotatable bonds is 11. The first-order valence-corrected chi connectivity index (χ1v) is 11.9. The van der Waals surface area contributed by atoms with Gasteiger partial charge in [0.15, 0.2) is 0 Å². The van der Waals surface area contributed by atoms with E-state index in [1.807, 2.05) is 0 Å². The van der Waals surface area contributed by atoms with E-state index in [0.717, 1.165) is 0 Å². The maximum Gasteiger partial charge on any atom is 0.407 e. The van der Waals surface area contributed by atoms with E-state index in [1.165, 1.54) is 26.0 Å². The van der Waals surface area contributed by atoms with Crippen LogP contribution in [0.4, 0.5) is 10.5 Å². The van der Waals surface area contributed by atoms with Crippen molar-refractivity contribution in [2.45, 2.75) is 85.0 Å². The minimum Gasteiger partial charge on any atom is -0.506 e. The van der Waals surface area contributed by atoms with Gasteiger partial charge in [0.05, 0.1) is 17.6 Å². The molecule has 36 heavy (non-hydrogen) atoms. The van der Waals surface area contributed by atoms with Gasteiger partial charge in [-0.1, -0.05) is 26.8 Å². The third-order valence-electron chi connectivity index (χ3n) is 5.24. The molecule has 0 bridgehead atoms. The zero-order valence-corrected chi connectivity index (χ0v) is 22.0. The Bertz CT molecular complexity index is 941. The van der Waals surface area contributed by atoms with E-state index in [4.69, 9.17) is 10.5 Å². The number of carboxylic acids is 1. The number of phenols is 1. The number of nitrogens with two attached hydrogens (primary N) is 1. The number of aliphatic carboxylic acids is 1. The van der Waals surface area contributed by atoms with E-state index in [0.29, 0.717) is 5.56 Å². The molecule has 0 radical (unpaired) electrons. The molecule has 11 heteroatoms. The molecule has 7 N–H and O–H groups in total. The zero-order valence-electron chi connectivity index (χ0n) is 22.0. The molecule has 3 amide bonds. The van der Waals surface area contributed by atoms with Crippen LogP contribution in [0.1, 0.15) is 60.5 Å². The summed E-state index contributed by atoms with van der Waals surface area (Å²) in [5.41, 5.74) is 5.60. The first-order valence-electron chi connectivity index (χ1n) is 11.9. The highest BCUT2D eigenvalue weighted by Gasteiger charge is 2.27. The molecule has 0 heterocycles. The number of ether oxygens (including phenoxy) is 1. The van der Waals surface area contributed by atoms with Gasteiger partial charge in [0.2, 0.25) is 11.8 Å². The van der Waals surface area contributed by atoms with E-state index < -0.39 is 53.5 Å². The second-order valence-corrected chi connectivity index (χ2v) is 10.4. The lowest BCUT2D eigenvalue weighted by Gasteiger charge is -2.25. The molecule has 0 aromatic heterocycles. The summed E-state index contributed by atoms with van der Waals surface area (Å²) >= 11 is 0. The quantitative estimate of drug-likeness (QED) is 0.246. The van der Waals surface area contributed by atoms with Gasteiger partial charge in [0.1, 0.15) is 17.4 Å². The number of benzene rings is 1. The van der Waals surface area contributed by atoms with Crippen LogP contribution in [0.15, 0.2) is 18.2 Å². The predicted molar refractivity (Wildman–Crippen MR) is 135 cm³/mol. The van der Waals surface area contributed by atoms with Crippen molar-refractivity contribution in [2.24, 2.45) is 17.6 Å². The van der Waals surface area contributed by atoms with Gasteiger partial charge in [0, 0.05) is 6.04 Å². The lowest BCUT2D eigenvalue weighted by molar-refractivity contribution is -0.141. The average molecular weight is 509 g/mol. The molecule has 0 aliphatic rings. The molecule has 0 saturated heterocycles. The Morgan fingerprint density at radius 2 is 1.64 bits per heavy atom. The van der Waals surface area contributed by atoms with Gasteiger partial charge in [-0.2, -0.15) is 0 Å². The summed E-state index contributed by atoms with van der Waals surface area (Å²) in [6, 6.07) is 2.27. The monoisotopic (exact) mass is 508 g/mol. The largest absolute Gasteiger partial charge is 0.506 e. The molecule has 0 fully saturated rings. The van der Waals surface area contributed by atoms with Crippen LogP contribution < -0.4 is 21.7 Å². The van der Waals surface area contributed by atoms with Crippen LogP contribution in [0.2, 0.25) is 0 Å². The van der Waals surface area contributed by atoms with Crippen molar-refractivity contribution in [2.75, 3.05) is 5.32 Å². The van der Waals surface area contributed by atoms with Crippen molar-refractivity contribution in [3.63, 3.8) is 0 Å². The van der Waals surface area contributed by atoms with Crippen molar-refractivity contribution in [3.8, 4) is 5.75 Å². The lowest BCUT2D eigenvalue weighted by Crippen LogP contribution is -2.51. The van der Waals surface area contributed by atoms with Crippen LogP contribution in [0.5, 0.6) is 5.75 Å². The Morgan fingerprint density at radius 1 is 1.03 bits per heavy atom. The predicted octanol–water partition coefficient (Wildman–Crippen LogP) is 2.37. The number of alkyl carbamates (subject to hydrolysis) is 1. The third kappa shape index (κ3) is 10.5. The summed E-state index contributed by atoms with van der Waals surface area (Å²) in [5.74, 6) is -3.19. The topological polar surface area (TPSA) is 180 Å². The molecular weight excluding hydrogens is 468 g/mol. The van der Waals surface area contributed by atoms with Gasteiger partial charge in [0.25, 0.3) is 0 Å². The number of hydrogen-bond acceptors (Lipinski definition) is 7. The fourth-order valence-electron chi connectivity index (χ4n) is 3.32. The minimum absolute atomic E-state index is 0.112. The van der Waals surface area contributed by atoms with Crippen LogP contribution in [-0.2, 0) is 25.5 Å². The van der Waals surface area contributed by atoms with Gasteiger partial charge < -0.3 is 36.6 Å². The maximum absolute atomic E-state index is 12.9. The molecule has 1 aromatic rings. The van der Waals surface area contributed by atoms with Crippen molar-refractivity contribution < 1.29 is 34.1 Å². The van der Waals surface area contributed by atoms with Crippen LogP contribution in [0.25, 0.3) is 0 Å². The number of amides is 3.